The Morgan fingerprint density at radius 2 is 1.69 bits per heavy atom. The van der Waals surface area contributed by atoms with E-state index in [-0.39, 0.29) is 17.2 Å². The average molecular weight is 466 g/mol. The first kappa shape index (κ1) is 23.3. The van der Waals surface area contributed by atoms with Gasteiger partial charge in [0.2, 0.25) is 5.91 Å². The largest absolute Gasteiger partial charge is 0.494 e. The zero-order valence-electron chi connectivity index (χ0n) is 19.2. The number of anilines is 3. The molecule has 0 radical (unpaired) electrons. The molecule has 1 aliphatic heterocycles. The van der Waals surface area contributed by atoms with Gasteiger partial charge in [0.1, 0.15) is 11.4 Å². The highest BCUT2D eigenvalue weighted by molar-refractivity contribution is 6.46. The number of nitrogens with one attached hydrogen (secondary N) is 2. The van der Waals surface area contributed by atoms with Gasteiger partial charge in [-0.3, -0.25) is 14.4 Å². The molecule has 8 heteroatoms. The molecule has 1 heterocycles. The predicted molar refractivity (Wildman–Crippen MR) is 133 cm³/mol. The van der Waals surface area contributed by atoms with E-state index in [0.29, 0.717) is 40.5 Å². The third kappa shape index (κ3) is 4.89. The number of nitriles is 1. The van der Waals surface area contributed by atoms with Gasteiger partial charge in [0, 0.05) is 24.4 Å². The van der Waals surface area contributed by atoms with Gasteiger partial charge in [-0.25, -0.2) is 4.90 Å². The topological polar surface area (TPSA) is 112 Å². The van der Waals surface area contributed by atoms with Crippen LogP contribution >= 0.6 is 0 Å². The van der Waals surface area contributed by atoms with Crippen molar-refractivity contribution in [2.24, 2.45) is 0 Å². The molecule has 3 aromatic rings. The second kappa shape index (κ2) is 9.93. The zero-order valence-corrected chi connectivity index (χ0v) is 19.2. The van der Waals surface area contributed by atoms with Gasteiger partial charge in [-0.1, -0.05) is 18.2 Å². The Morgan fingerprint density at radius 3 is 2.31 bits per heavy atom. The van der Waals surface area contributed by atoms with E-state index in [9.17, 15) is 14.4 Å². The zero-order chi connectivity index (χ0) is 24.9. The molecule has 3 aromatic carbocycles. The fourth-order valence-electron chi connectivity index (χ4n) is 3.73. The number of hydrogen-bond donors (Lipinski definition) is 2. The Kier molecular flexibility index (Phi) is 6.60. The van der Waals surface area contributed by atoms with Crippen LogP contribution in [0.4, 0.5) is 17.1 Å². The summed E-state index contributed by atoms with van der Waals surface area (Å²) >= 11 is 0. The maximum Gasteiger partial charge on any atom is 0.282 e. The van der Waals surface area contributed by atoms with E-state index in [1.807, 2.05) is 13.0 Å². The van der Waals surface area contributed by atoms with E-state index in [2.05, 4.69) is 10.6 Å². The summed E-state index contributed by atoms with van der Waals surface area (Å²) in [5, 5.41) is 14.9. The summed E-state index contributed by atoms with van der Waals surface area (Å²) in [6, 6.07) is 22.0. The maximum atomic E-state index is 13.6. The summed E-state index contributed by atoms with van der Waals surface area (Å²) in [5.74, 6) is -0.620. The number of hydrogen-bond acceptors (Lipinski definition) is 6. The predicted octanol–water partition coefficient (Wildman–Crippen LogP) is 4.31. The van der Waals surface area contributed by atoms with Crippen LogP contribution in [0.1, 0.15) is 25.0 Å². The van der Waals surface area contributed by atoms with E-state index in [4.69, 9.17) is 10.00 Å². The third-order valence-electron chi connectivity index (χ3n) is 5.25. The van der Waals surface area contributed by atoms with Crippen LogP contribution in [-0.2, 0) is 14.4 Å². The number of amides is 3. The smallest absolute Gasteiger partial charge is 0.282 e. The first-order chi connectivity index (χ1) is 16.9. The highest BCUT2D eigenvalue weighted by atomic mass is 16.5. The molecule has 0 fully saturated rings. The van der Waals surface area contributed by atoms with Crippen molar-refractivity contribution >= 4 is 40.4 Å². The Bertz CT molecular complexity index is 1370. The number of imide groups is 1. The van der Waals surface area contributed by atoms with E-state index >= 15 is 0 Å². The molecule has 0 spiro atoms. The monoisotopic (exact) mass is 466 g/mol. The minimum atomic E-state index is -0.526. The maximum absolute atomic E-state index is 13.6. The summed E-state index contributed by atoms with van der Waals surface area (Å²) in [4.78, 5) is 39.5. The van der Waals surface area contributed by atoms with Crippen LogP contribution in [0.15, 0.2) is 78.5 Å². The Balaban J connectivity index is 1.77. The molecule has 3 amide bonds. The van der Waals surface area contributed by atoms with Gasteiger partial charge >= 0.3 is 0 Å². The van der Waals surface area contributed by atoms with Crippen molar-refractivity contribution in [2.75, 3.05) is 22.1 Å². The average Bonchev–Trinajstić information content (AvgIpc) is 3.09. The van der Waals surface area contributed by atoms with Crippen molar-refractivity contribution in [2.45, 2.75) is 13.8 Å². The van der Waals surface area contributed by atoms with Gasteiger partial charge in [-0.15, -0.1) is 0 Å². The second-order valence-electron chi connectivity index (χ2n) is 7.70. The van der Waals surface area contributed by atoms with Crippen LogP contribution in [-0.4, -0.2) is 24.3 Å². The highest BCUT2D eigenvalue weighted by Gasteiger charge is 2.40. The molecule has 2 N–H and O–H groups in total. The third-order valence-corrected chi connectivity index (χ3v) is 5.25. The summed E-state index contributed by atoms with van der Waals surface area (Å²) in [5.41, 5.74) is 2.74. The van der Waals surface area contributed by atoms with Gasteiger partial charge < -0.3 is 15.4 Å². The van der Waals surface area contributed by atoms with E-state index in [1.54, 1.807) is 72.8 Å². The molecule has 0 aliphatic carbocycles. The lowest BCUT2D eigenvalue weighted by Crippen LogP contribution is -2.32. The minimum Gasteiger partial charge on any atom is -0.494 e. The second-order valence-corrected chi connectivity index (χ2v) is 7.70. The van der Waals surface area contributed by atoms with Crippen LogP contribution < -0.4 is 20.3 Å². The Labute approximate surface area is 202 Å². The fourth-order valence-corrected chi connectivity index (χ4v) is 3.73. The van der Waals surface area contributed by atoms with Crippen LogP contribution in [0.3, 0.4) is 0 Å². The lowest BCUT2D eigenvalue weighted by atomic mass is 10.0. The van der Waals surface area contributed by atoms with Gasteiger partial charge in [-0.05, 0) is 61.0 Å². The molecule has 174 valence electrons. The molecule has 0 bridgehead atoms. The van der Waals surface area contributed by atoms with Crippen LogP contribution in [0.25, 0.3) is 5.57 Å². The van der Waals surface area contributed by atoms with Gasteiger partial charge in [0.15, 0.2) is 0 Å². The molecular formula is C27H22N4O4. The lowest BCUT2D eigenvalue weighted by molar-refractivity contribution is -0.120. The fraction of sp³-hybridized carbons (Fsp3) is 0.111. The van der Waals surface area contributed by atoms with Gasteiger partial charge in [0.25, 0.3) is 11.8 Å². The highest BCUT2D eigenvalue weighted by Crippen LogP contribution is 2.34. The van der Waals surface area contributed by atoms with E-state index in [1.165, 1.54) is 6.92 Å². The molecule has 0 saturated heterocycles. The molecule has 0 unspecified atom stereocenters. The first-order valence-electron chi connectivity index (χ1n) is 10.9. The van der Waals surface area contributed by atoms with Crippen molar-refractivity contribution in [3.63, 3.8) is 0 Å². The number of rotatable bonds is 7. The summed E-state index contributed by atoms with van der Waals surface area (Å²) in [6.07, 6.45) is 0. The lowest BCUT2D eigenvalue weighted by Gasteiger charge is -2.15. The Morgan fingerprint density at radius 1 is 0.971 bits per heavy atom. The molecule has 35 heavy (non-hydrogen) atoms. The summed E-state index contributed by atoms with van der Waals surface area (Å²) in [7, 11) is 0. The van der Waals surface area contributed by atoms with Gasteiger partial charge in [-0.2, -0.15) is 5.26 Å². The number of nitrogens with zero attached hydrogens (tertiary/aromatic N) is 2. The molecule has 1 aliphatic rings. The molecule has 8 nitrogen and oxygen atoms in total. The van der Waals surface area contributed by atoms with Crippen LogP contribution in [0.2, 0.25) is 0 Å². The quantitative estimate of drug-likeness (QED) is 0.502. The minimum absolute atomic E-state index is 0.111. The molecule has 0 atom stereocenters. The van der Waals surface area contributed by atoms with Crippen LogP contribution in [0.5, 0.6) is 5.75 Å². The molecule has 0 aromatic heterocycles. The first-order valence-corrected chi connectivity index (χ1v) is 10.9. The normalized spacial score (nSPS) is 13.0. The van der Waals surface area contributed by atoms with Crippen molar-refractivity contribution < 1.29 is 19.1 Å². The molecule has 4 rings (SSSR count). The van der Waals surface area contributed by atoms with Crippen molar-refractivity contribution in [3.8, 4) is 11.8 Å². The summed E-state index contributed by atoms with van der Waals surface area (Å²) < 4.78 is 5.55. The Hall–Kier alpha value is -4.90. The van der Waals surface area contributed by atoms with Crippen LogP contribution in [0, 0.1) is 11.3 Å². The number of carbonyl (C=O) groups excluding carboxylic acids is 3. The van der Waals surface area contributed by atoms with Crippen molar-refractivity contribution in [3.05, 3.63) is 89.6 Å². The van der Waals surface area contributed by atoms with Crippen molar-refractivity contribution in [1.29, 1.82) is 5.26 Å². The van der Waals surface area contributed by atoms with E-state index in [0.717, 1.165) is 4.90 Å². The SMILES string of the molecule is CCOc1cccc(NC2=C(c3ccc(NC(C)=O)cc3)C(=O)N(c3ccc(C#N)cc3)C2=O)c1. The van der Waals surface area contributed by atoms with E-state index < -0.39 is 11.8 Å². The van der Waals surface area contributed by atoms with Crippen molar-refractivity contribution in [1.82, 2.24) is 0 Å². The molecular weight excluding hydrogens is 444 g/mol. The standard InChI is InChI=1S/C27H22N4O4/c1-3-35-23-6-4-5-21(15-23)30-25-24(19-9-11-20(12-10-19)29-17(2)32)26(33)31(27(25)34)22-13-7-18(16-28)8-14-22/h4-15,30H,3H2,1-2H3,(H,29,32). The number of carbonyl (C=O) groups is 3. The summed E-state index contributed by atoms with van der Waals surface area (Å²) in [6.45, 7) is 3.77. The number of benzene rings is 3. The molecule has 0 saturated carbocycles. The van der Waals surface area contributed by atoms with Gasteiger partial charge in [0.05, 0.1) is 29.5 Å². The number of ether oxygens (including phenoxy) is 1.